The molecule has 1 aliphatic carbocycles. The standard InChI is InChI=1S/C17H14N4O2S/c22-14(17-19-16(20-23-17)11-4-2-1-3-5-11)13-15(10-6-7-10)24-12-8-18-9-21(12)13/h1-5,8-10,14,22H,6-7H2. The van der Waals surface area contributed by atoms with Gasteiger partial charge in [-0.3, -0.25) is 4.40 Å². The lowest BCUT2D eigenvalue weighted by atomic mass is 10.1. The van der Waals surface area contributed by atoms with Gasteiger partial charge in [0.1, 0.15) is 11.2 Å². The number of hydrogen-bond donors (Lipinski definition) is 1. The molecule has 0 spiro atoms. The molecule has 120 valence electrons. The topological polar surface area (TPSA) is 76.5 Å². The van der Waals surface area contributed by atoms with Crippen LogP contribution in [0.2, 0.25) is 0 Å². The van der Waals surface area contributed by atoms with Crippen molar-refractivity contribution in [2.75, 3.05) is 0 Å². The van der Waals surface area contributed by atoms with Gasteiger partial charge in [0, 0.05) is 10.4 Å². The van der Waals surface area contributed by atoms with Crippen molar-refractivity contribution in [2.45, 2.75) is 24.9 Å². The Bertz CT molecular complexity index is 1000. The predicted molar refractivity (Wildman–Crippen MR) is 88.8 cm³/mol. The van der Waals surface area contributed by atoms with Crippen LogP contribution in [0.3, 0.4) is 0 Å². The highest BCUT2D eigenvalue weighted by Crippen LogP contribution is 2.47. The molecule has 1 saturated carbocycles. The van der Waals surface area contributed by atoms with Crippen molar-refractivity contribution in [1.29, 1.82) is 0 Å². The van der Waals surface area contributed by atoms with Crippen LogP contribution in [0.1, 0.15) is 41.3 Å². The zero-order chi connectivity index (χ0) is 16.1. The van der Waals surface area contributed by atoms with Crippen molar-refractivity contribution in [3.05, 3.63) is 59.3 Å². The minimum atomic E-state index is -0.950. The highest BCUT2D eigenvalue weighted by molar-refractivity contribution is 7.17. The molecular formula is C17H14N4O2S. The van der Waals surface area contributed by atoms with Gasteiger partial charge in [-0.25, -0.2) is 4.98 Å². The molecule has 0 radical (unpaired) electrons. The highest BCUT2D eigenvalue weighted by Gasteiger charge is 2.34. The summed E-state index contributed by atoms with van der Waals surface area (Å²) in [5, 5.41) is 14.9. The number of nitrogens with zero attached hydrogens (tertiary/aromatic N) is 4. The van der Waals surface area contributed by atoms with Gasteiger partial charge in [0.15, 0.2) is 6.10 Å². The summed E-state index contributed by atoms with van der Waals surface area (Å²) in [5.41, 5.74) is 1.67. The molecule has 7 heteroatoms. The van der Waals surface area contributed by atoms with E-state index in [-0.39, 0.29) is 5.89 Å². The summed E-state index contributed by atoms with van der Waals surface area (Å²) in [6.45, 7) is 0. The second kappa shape index (κ2) is 5.25. The van der Waals surface area contributed by atoms with Gasteiger partial charge in [0.25, 0.3) is 5.89 Å². The van der Waals surface area contributed by atoms with Crippen LogP contribution in [0.5, 0.6) is 0 Å². The van der Waals surface area contributed by atoms with E-state index in [9.17, 15) is 5.11 Å². The maximum atomic E-state index is 10.9. The van der Waals surface area contributed by atoms with E-state index in [1.807, 2.05) is 40.9 Å². The molecule has 1 unspecified atom stereocenters. The molecule has 0 amide bonds. The molecule has 1 N–H and O–H groups in total. The van der Waals surface area contributed by atoms with Gasteiger partial charge in [-0.2, -0.15) is 4.98 Å². The fourth-order valence-electron chi connectivity index (χ4n) is 2.90. The predicted octanol–water partition coefficient (Wildman–Crippen LogP) is 3.40. The van der Waals surface area contributed by atoms with E-state index in [1.165, 1.54) is 4.88 Å². The second-order valence-electron chi connectivity index (χ2n) is 5.95. The van der Waals surface area contributed by atoms with E-state index in [2.05, 4.69) is 15.1 Å². The van der Waals surface area contributed by atoms with Crippen LogP contribution >= 0.6 is 11.3 Å². The molecule has 0 saturated heterocycles. The normalized spacial score (nSPS) is 15.9. The average Bonchev–Trinajstić information content (AvgIpc) is 3.04. The molecular weight excluding hydrogens is 324 g/mol. The summed E-state index contributed by atoms with van der Waals surface area (Å²) in [6.07, 6.45) is 4.92. The first-order chi connectivity index (χ1) is 11.8. The molecule has 3 aromatic heterocycles. The van der Waals surface area contributed by atoms with Crippen molar-refractivity contribution in [2.24, 2.45) is 0 Å². The molecule has 1 fully saturated rings. The summed E-state index contributed by atoms with van der Waals surface area (Å²) < 4.78 is 7.27. The highest BCUT2D eigenvalue weighted by atomic mass is 32.1. The van der Waals surface area contributed by atoms with E-state index in [1.54, 1.807) is 17.7 Å². The Labute approximate surface area is 141 Å². The third kappa shape index (κ3) is 2.16. The Hall–Kier alpha value is -2.51. The molecule has 0 aliphatic heterocycles. The lowest BCUT2D eigenvalue weighted by molar-refractivity contribution is 0.164. The SMILES string of the molecule is OC(c1nc(-c2ccccc2)no1)c1c(C2CC2)sc2cncn12. The molecule has 24 heavy (non-hydrogen) atoms. The van der Waals surface area contributed by atoms with E-state index in [0.717, 1.165) is 28.9 Å². The largest absolute Gasteiger partial charge is 0.377 e. The van der Waals surface area contributed by atoms with Gasteiger partial charge in [-0.05, 0) is 18.8 Å². The summed E-state index contributed by atoms with van der Waals surface area (Å²) in [5.74, 6) is 1.22. The van der Waals surface area contributed by atoms with Gasteiger partial charge in [-0.1, -0.05) is 35.5 Å². The average molecular weight is 338 g/mol. The quantitative estimate of drug-likeness (QED) is 0.617. The van der Waals surface area contributed by atoms with Crippen molar-refractivity contribution in [3.8, 4) is 11.4 Å². The van der Waals surface area contributed by atoms with Gasteiger partial charge < -0.3 is 9.63 Å². The fraction of sp³-hybridized carbons (Fsp3) is 0.235. The number of aromatic nitrogens is 4. The molecule has 1 atom stereocenters. The first kappa shape index (κ1) is 13.9. The fourth-order valence-corrected chi connectivity index (χ4v) is 4.19. The number of hydrogen-bond acceptors (Lipinski definition) is 6. The van der Waals surface area contributed by atoms with Gasteiger partial charge >= 0.3 is 0 Å². The van der Waals surface area contributed by atoms with Crippen LogP contribution in [0, 0.1) is 0 Å². The van der Waals surface area contributed by atoms with Gasteiger partial charge in [-0.15, -0.1) is 11.3 Å². The van der Waals surface area contributed by atoms with E-state index in [4.69, 9.17) is 4.52 Å². The van der Waals surface area contributed by atoms with Crippen LogP contribution in [-0.2, 0) is 0 Å². The smallest absolute Gasteiger partial charge is 0.262 e. The Morgan fingerprint density at radius 2 is 2.08 bits per heavy atom. The van der Waals surface area contributed by atoms with Crippen LogP contribution < -0.4 is 0 Å². The number of aliphatic hydroxyl groups excluding tert-OH is 1. The molecule has 1 aliphatic rings. The summed E-state index contributed by atoms with van der Waals surface area (Å²) in [7, 11) is 0. The zero-order valence-corrected chi connectivity index (χ0v) is 13.5. The minimum absolute atomic E-state index is 0.212. The lowest BCUT2D eigenvalue weighted by Gasteiger charge is -2.07. The molecule has 1 aromatic carbocycles. The number of imidazole rings is 1. The first-order valence-corrected chi connectivity index (χ1v) is 8.64. The molecule has 6 nitrogen and oxygen atoms in total. The van der Waals surface area contributed by atoms with E-state index in [0.29, 0.717) is 11.7 Å². The minimum Gasteiger partial charge on any atom is -0.377 e. The lowest BCUT2D eigenvalue weighted by Crippen LogP contribution is -2.06. The van der Waals surface area contributed by atoms with Crippen LogP contribution in [0.4, 0.5) is 0 Å². The Morgan fingerprint density at radius 1 is 1.25 bits per heavy atom. The van der Waals surface area contributed by atoms with Crippen LogP contribution in [0.15, 0.2) is 47.4 Å². The van der Waals surface area contributed by atoms with Gasteiger partial charge in [0.2, 0.25) is 5.82 Å². The van der Waals surface area contributed by atoms with Crippen molar-refractivity contribution in [3.63, 3.8) is 0 Å². The summed E-state index contributed by atoms with van der Waals surface area (Å²) in [6, 6.07) is 9.59. The Morgan fingerprint density at radius 3 is 2.88 bits per heavy atom. The van der Waals surface area contributed by atoms with Crippen LogP contribution in [0.25, 0.3) is 16.2 Å². The summed E-state index contributed by atoms with van der Waals surface area (Å²) in [4.78, 5) is 10.8. The molecule has 0 bridgehead atoms. The number of aliphatic hydroxyl groups is 1. The van der Waals surface area contributed by atoms with Gasteiger partial charge in [0.05, 0.1) is 11.9 Å². The third-order valence-electron chi connectivity index (χ3n) is 4.25. The van der Waals surface area contributed by atoms with Crippen molar-refractivity contribution >= 4 is 16.2 Å². The number of benzene rings is 1. The van der Waals surface area contributed by atoms with Crippen molar-refractivity contribution in [1.82, 2.24) is 19.5 Å². The Kier molecular flexibility index (Phi) is 3.04. The maximum Gasteiger partial charge on any atom is 0.262 e. The van der Waals surface area contributed by atoms with Crippen LogP contribution in [-0.4, -0.2) is 24.6 Å². The zero-order valence-electron chi connectivity index (χ0n) is 12.7. The second-order valence-corrected chi connectivity index (χ2v) is 7.01. The molecule has 3 heterocycles. The Balaban J connectivity index is 1.57. The molecule has 4 aromatic rings. The summed E-state index contributed by atoms with van der Waals surface area (Å²) >= 11 is 1.68. The van der Waals surface area contributed by atoms with E-state index >= 15 is 0 Å². The third-order valence-corrected chi connectivity index (χ3v) is 5.52. The number of thiazole rings is 1. The molecule has 5 rings (SSSR count). The van der Waals surface area contributed by atoms with Crippen molar-refractivity contribution < 1.29 is 9.63 Å². The first-order valence-electron chi connectivity index (χ1n) is 7.83. The van der Waals surface area contributed by atoms with E-state index < -0.39 is 6.10 Å². The maximum absolute atomic E-state index is 10.9. The number of rotatable bonds is 4. The number of fused-ring (bicyclic) bond motifs is 1. The monoisotopic (exact) mass is 338 g/mol.